The Bertz CT molecular complexity index is 567. The lowest BCUT2D eigenvalue weighted by Gasteiger charge is -2.15. The monoisotopic (exact) mass is 308 g/mol. The van der Waals surface area contributed by atoms with Gasteiger partial charge in [-0.25, -0.2) is 4.98 Å². The minimum Gasteiger partial charge on any atom is -0.347 e. The highest BCUT2D eigenvalue weighted by molar-refractivity contribution is 7.10. The maximum atomic E-state index is 12.0. The first-order valence-electron chi connectivity index (χ1n) is 6.64. The minimum atomic E-state index is -0.0384. The van der Waals surface area contributed by atoms with E-state index in [1.165, 1.54) is 0 Å². The van der Waals surface area contributed by atoms with Gasteiger partial charge in [0.1, 0.15) is 5.01 Å². The van der Waals surface area contributed by atoms with E-state index >= 15 is 0 Å². The molecule has 2 aromatic heterocycles. The molecular weight excluding hydrogens is 288 g/mol. The molecule has 0 aliphatic rings. The van der Waals surface area contributed by atoms with E-state index in [2.05, 4.69) is 36.5 Å². The zero-order valence-corrected chi connectivity index (χ0v) is 13.9. The predicted molar refractivity (Wildman–Crippen MR) is 85.4 cm³/mol. The number of thiazole rings is 1. The van der Waals surface area contributed by atoms with Gasteiger partial charge in [0.2, 0.25) is 5.91 Å². The van der Waals surface area contributed by atoms with Gasteiger partial charge in [0.25, 0.3) is 0 Å². The molecule has 20 heavy (non-hydrogen) atoms. The van der Waals surface area contributed by atoms with Crippen LogP contribution in [0.3, 0.4) is 0 Å². The Morgan fingerprint density at radius 1 is 1.40 bits per heavy atom. The molecule has 2 aromatic rings. The molecule has 0 saturated heterocycles. The molecule has 2 rings (SSSR count). The summed E-state index contributed by atoms with van der Waals surface area (Å²) in [5.74, 6) is 0.0486. The van der Waals surface area contributed by atoms with Gasteiger partial charge in [0.15, 0.2) is 0 Å². The molecule has 0 aliphatic carbocycles. The van der Waals surface area contributed by atoms with Gasteiger partial charge < -0.3 is 5.32 Å². The second-order valence-corrected chi connectivity index (χ2v) is 7.79. The Morgan fingerprint density at radius 2 is 2.15 bits per heavy atom. The van der Waals surface area contributed by atoms with Crippen LogP contribution in [0.5, 0.6) is 0 Å². The van der Waals surface area contributed by atoms with Crippen molar-refractivity contribution in [1.82, 2.24) is 10.3 Å². The Morgan fingerprint density at radius 3 is 2.70 bits per heavy atom. The molecule has 0 aromatic carbocycles. The molecule has 1 atom stereocenters. The Balaban J connectivity index is 1.96. The molecule has 0 saturated carbocycles. The van der Waals surface area contributed by atoms with E-state index in [9.17, 15) is 4.79 Å². The summed E-state index contributed by atoms with van der Waals surface area (Å²) in [6, 6.07) is 3.91. The van der Waals surface area contributed by atoms with E-state index in [4.69, 9.17) is 0 Å². The molecule has 0 unspecified atom stereocenters. The molecule has 0 aliphatic heterocycles. The highest BCUT2D eigenvalue weighted by atomic mass is 32.1. The van der Waals surface area contributed by atoms with E-state index < -0.39 is 0 Å². The van der Waals surface area contributed by atoms with Crippen LogP contribution in [0.4, 0.5) is 0 Å². The summed E-state index contributed by atoms with van der Waals surface area (Å²) in [4.78, 5) is 17.7. The summed E-state index contributed by atoms with van der Waals surface area (Å²) < 4.78 is 0. The summed E-state index contributed by atoms with van der Waals surface area (Å²) >= 11 is 3.22. The zero-order valence-electron chi connectivity index (χ0n) is 12.3. The first kappa shape index (κ1) is 15.2. The second-order valence-electron chi connectivity index (χ2n) is 5.87. The van der Waals surface area contributed by atoms with E-state index in [0.29, 0.717) is 6.42 Å². The van der Waals surface area contributed by atoms with Gasteiger partial charge in [-0.2, -0.15) is 0 Å². The van der Waals surface area contributed by atoms with Crippen LogP contribution in [-0.4, -0.2) is 10.9 Å². The Hall–Kier alpha value is -1.20. The van der Waals surface area contributed by atoms with Crippen LogP contribution in [0.25, 0.3) is 0 Å². The van der Waals surface area contributed by atoms with Crippen molar-refractivity contribution in [3.8, 4) is 0 Å². The van der Waals surface area contributed by atoms with Crippen LogP contribution < -0.4 is 5.32 Å². The summed E-state index contributed by atoms with van der Waals surface area (Å²) in [5.41, 5.74) is 1.13. The molecule has 0 spiro atoms. The van der Waals surface area contributed by atoms with E-state index in [-0.39, 0.29) is 17.4 Å². The number of carbonyl (C=O) groups is 1. The van der Waals surface area contributed by atoms with Crippen molar-refractivity contribution in [3.63, 3.8) is 0 Å². The fraction of sp³-hybridized carbons (Fsp3) is 0.467. The fourth-order valence-electron chi connectivity index (χ4n) is 1.76. The Labute approximate surface area is 128 Å². The summed E-state index contributed by atoms with van der Waals surface area (Å²) in [7, 11) is 0. The van der Waals surface area contributed by atoms with Crippen LogP contribution in [0.2, 0.25) is 0 Å². The van der Waals surface area contributed by atoms with Gasteiger partial charge in [0, 0.05) is 15.7 Å². The number of hydrogen-bond donors (Lipinski definition) is 1. The van der Waals surface area contributed by atoms with Gasteiger partial charge in [-0.15, -0.1) is 22.7 Å². The number of hydrogen-bond acceptors (Lipinski definition) is 4. The number of rotatable bonds is 4. The number of thiophene rings is 1. The predicted octanol–water partition coefficient (Wildman–Crippen LogP) is 3.92. The van der Waals surface area contributed by atoms with Crippen molar-refractivity contribution in [3.05, 3.63) is 38.5 Å². The maximum Gasteiger partial charge on any atom is 0.225 e. The third-order valence-electron chi connectivity index (χ3n) is 2.95. The largest absolute Gasteiger partial charge is 0.347 e. The lowest BCUT2D eigenvalue weighted by molar-refractivity contribution is -0.121. The number of nitrogens with zero attached hydrogens (tertiary/aromatic N) is 1. The molecule has 5 heteroatoms. The van der Waals surface area contributed by atoms with Gasteiger partial charge in [-0.05, 0) is 18.4 Å². The molecule has 1 amide bonds. The summed E-state index contributed by atoms with van der Waals surface area (Å²) in [6.45, 7) is 8.42. The lowest BCUT2D eigenvalue weighted by atomic mass is 9.93. The molecule has 2 heterocycles. The highest BCUT2D eigenvalue weighted by Gasteiger charge is 2.20. The van der Waals surface area contributed by atoms with Gasteiger partial charge in [0.05, 0.1) is 18.2 Å². The molecule has 0 bridgehead atoms. The molecular formula is C15H20N2OS2. The van der Waals surface area contributed by atoms with Gasteiger partial charge in [-0.1, -0.05) is 26.8 Å². The molecule has 1 N–H and O–H groups in total. The average Bonchev–Trinajstić information content (AvgIpc) is 2.97. The number of aromatic nitrogens is 1. The first-order chi connectivity index (χ1) is 9.36. The average molecular weight is 308 g/mol. The SMILES string of the molecule is C[C@@H](NC(=O)Cc1cccs1)c1nc(C(C)(C)C)cs1. The molecule has 0 radical (unpaired) electrons. The van der Waals surface area contributed by atoms with Crippen molar-refractivity contribution in [1.29, 1.82) is 0 Å². The topological polar surface area (TPSA) is 42.0 Å². The van der Waals surface area contributed by atoms with Crippen LogP contribution in [-0.2, 0) is 16.6 Å². The van der Waals surface area contributed by atoms with E-state index in [1.807, 2.05) is 24.4 Å². The van der Waals surface area contributed by atoms with E-state index in [1.54, 1.807) is 22.7 Å². The number of amides is 1. The third kappa shape index (κ3) is 3.90. The van der Waals surface area contributed by atoms with Gasteiger partial charge >= 0.3 is 0 Å². The smallest absolute Gasteiger partial charge is 0.225 e. The third-order valence-corrected chi connectivity index (χ3v) is 4.86. The summed E-state index contributed by atoms with van der Waals surface area (Å²) in [6.07, 6.45) is 0.444. The Kier molecular flexibility index (Phi) is 4.60. The lowest BCUT2D eigenvalue weighted by Crippen LogP contribution is -2.28. The van der Waals surface area contributed by atoms with Crippen molar-refractivity contribution >= 4 is 28.6 Å². The van der Waals surface area contributed by atoms with E-state index in [0.717, 1.165) is 15.6 Å². The van der Waals surface area contributed by atoms with Crippen LogP contribution in [0.15, 0.2) is 22.9 Å². The quantitative estimate of drug-likeness (QED) is 0.930. The minimum absolute atomic E-state index is 0.0384. The molecule has 108 valence electrons. The summed E-state index contributed by atoms with van der Waals surface area (Å²) in [5, 5.41) is 8.05. The van der Waals surface area contributed by atoms with Crippen LogP contribution in [0.1, 0.15) is 49.3 Å². The first-order valence-corrected chi connectivity index (χ1v) is 8.40. The number of carbonyl (C=O) groups excluding carboxylic acids is 1. The van der Waals surface area contributed by atoms with Gasteiger partial charge in [-0.3, -0.25) is 4.79 Å². The molecule has 3 nitrogen and oxygen atoms in total. The van der Waals surface area contributed by atoms with Crippen molar-refractivity contribution in [2.75, 3.05) is 0 Å². The fourth-order valence-corrected chi connectivity index (χ4v) is 3.51. The highest BCUT2D eigenvalue weighted by Crippen LogP contribution is 2.26. The molecule has 0 fully saturated rings. The number of nitrogens with one attached hydrogen (secondary N) is 1. The normalized spacial score (nSPS) is 13.2. The van der Waals surface area contributed by atoms with Crippen molar-refractivity contribution in [2.45, 2.75) is 45.6 Å². The standard InChI is InChI=1S/C15H20N2OS2/c1-10(14-17-12(9-20-14)15(2,3)4)16-13(18)8-11-6-5-7-19-11/h5-7,9-10H,8H2,1-4H3,(H,16,18)/t10-/m1/s1. The zero-order chi connectivity index (χ0) is 14.8. The maximum absolute atomic E-state index is 12.0. The second kappa shape index (κ2) is 6.06. The van der Waals surface area contributed by atoms with Crippen LogP contribution >= 0.6 is 22.7 Å². The van der Waals surface area contributed by atoms with Crippen molar-refractivity contribution in [2.24, 2.45) is 0 Å². The van der Waals surface area contributed by atoms with Crippen molar-refractivity contribution < 1.29 is 4.79 Å². The van der Waals surface area contributed by atoms with Crippen LogP contribution in [0, 0.1) is 0 Å².